The fourth-order valence-electron chi connectivity index (χ4n) is 1.89. The molecule has 1 aromatic rings. The van der Waals surface area contributed by atoms with Crippen molar-refractivity contribution in [1.29, 1.82) is 0 Å². The van der Waals surface area contributed by atoms with E-state index in [2.05, 4.69) is 44.1 Å². The van der Waals surface area contributed by atoms with Crippen LogP contribution in [0.25, 0.3) is 0 Å². The Morgan fingerprint density at radius 2 is 1.70 bits per heavy atom. The molecule has 0 bridgehead atoms. The van der Waals surface area contributed by atoms with Crippen LogP contribution < -0.4 is 0 Å². The van der Waals surface area contributed by atoms with Crippen LogP contribution >= 0.6 is 0 Å². The fourth-order valence-corrected chi connectivity index (χ4v) is 2.85. The van der Waals surface area contributed by atoms with Crippen LogP contribution in [0.2, 0.25) is 18.1 Å². The molecule has 0 saturated heterocycles. The molecule has 0 N–H and O–H groups in total. The zero-order valence-corrected chi connectivity index (χ0v) is 15.2. The van der Waals surface area contributed by atoms with Crippen LogP contribution in [0.5, 0.6) is 0 Å². The summed E-state index contributed by atoms with van der Waals surface area (Å²) < 4.78 is 33.7. The summed E-state index contributed by atoms with van der Waals surface area (Å²) in [7, 11) is -1.84. The molecule has 0 amide bonds. The van der Waals surface area contributed by atoms with Gasteiger partial charge in [-0.15, -0.1) is 16.7 Å². The van der Waals surface area contributed by atoms with Crippen molar-refractivity contribution < 1.29 is 13.2 Å². The van der Waals surface area contributed by atoms with E-state index in [4.69, 9.17) is 10.8 Å². The minimum absolute atomic E-state index is 0.123. The number of hydrogen-bond donors (Lipinski definition) is 0. The van der Waals surface area contributed by atoms with Crippen molar-refractivity contribution in [2.45, 2.75) is 57.1 Å². The Hall–Kier alpha value is -1.58. The first-order chi connectivity index (χ1) is 10.5. The Kier molecular flexibility index (Phi) is 4.25. The maximum atomic E-state index is 13.8. The molecule has 0 atom stereocenters. The molecule has 3 nitrogen and oxygen atoms in total. The van der Waals surface area contributed by atoms with E-state index in [-0.39, 0.29) is 5.04 Å². The molecule has 0 aliphatic carbocycles. The summed E-state index contributed by atoms with van der Waals surface area (Å²) in [6.07, 6.45) is 4.90. The van der Waals surface area contributed by atoms with Crippen LogP contribution in [0.1, 0.15) is 31.9 Å². The molecule has 0 saturated carbocycles. The monoisotopic (exact) mass is 336 g/mol. The fraction of sp³-hybridized carbons (Fsp3) is 0.529. The molecule has 0 aromatic heterocycles. The lowest BCUT2D eigenvalue weighted by Gasteiger charge is -2.36. The number of hydrogen-bond acceptors (Lipinski definition) is 3. The average molecular weight is 336 g/mol. The Balaban J connectivity index is 2.09. The van der Waals surface area contributed by atoms with Crippen LogP contribution in [0.15, 0.2) is 34.5 Å². The Morgan fingerprint density at radius 1 is 1.17 bits per heavy atom. The second-order valence-electron chi connectivity index (χ2n) is 7.34. The molecule has 1 heterocycles. The summed E-state index contributed by atoms with van der Waals surface area (Å²) in [6.45, 7) is 11.3. The highest BCUT2D eigenvalue weighted by Crippen LogP contribution is 2.51. The van der Waals surface area contributed by atoms with Crippen molar-refractivity contribution in [1.82, 2.24) is 0 Å². The highest BCUT2D eigenvalue weighted by Gasteiger charge is 2.63. The van der Waals surface area contributed by atoms with Gasteiger partial charge in [0.15, 0.2) is 8.32 Å². The summed E-state index contributed by atoms with van der Waals surface area (Å²) in [6, 6.07) is 6.71. The van der Waals surface area contributed by atoms with E-state index in [1.807, 2.05) is 0 Å². The van der Waals surface area contributed by atoms with E-state index < -0.39 is 19.9 Å². The minimum Gasteiger partial charge on any atom is -0.413 e. The lowest BCUT2D eigenvalue weighted by Crippen LogP contribution is -2.40. The molecule has 1 aliphatic heterocycles. The quantitative estimate of drug-likeness (QED) is 0.544. The van der Waals surface area contributed by atoms with Gasteiger partial charge < -0.3 is 4.43 Å². The van der Waals surface area contributed by atoms with Crippen molar-refractivity contribution in [2.75, 3.05) is 0 Å². The topological polar surface area (TPSA) is 34.0 Å². The van der Waals surface area contributed by atoms with Crippen LogP contribution in [0.3, 0.4) is 0 Å². The Morgan fingerprint density at radius 3 is 2.09 bits per heavy atom. The van der Waals surface area contributed by atoms with Crippen LogP contribution in [-0.2, 0) is 16.7 Å². The van der Waals surface area contributed by atoms with Gasteiger partial charge in [-0.25, -0.2) is 0 Å². The number of alkyl halides is 2. The smallest absolute Gasteiger partial charge is 0.360 e. The number of terminal acetylenes is 1. The normalized spacial score (nSPS) is 17.0. The van der Waals surface area contributed by atoms with Crippen molar-refractivity contribution >= 4 is 8.32 Å². The van der Waals surface area contributed by atoms with E-state index in [1.165, 1.54) is 5.92 Å². The van der Waals surface area contributed by atoms with E-state index in [9.17, 15) is 8.78 Å². The standard InChI is InChI=1S/C17H22F2N2OSi/c1-7-16(18,19)17(20-21-17)14-10-8-13(9-11-14)12-22-23(5,6)15(2,3)4/h1,8-11H,12H2,2-6H3. The van der Waals surface area contributed by atoms with E-state index in [0.29, 0.717) is 12.2 Å². The third kappa shape index (κ3) is 3.21. The summed E-state index contributed by atoms with van der Waals surface area (Å²) in [4.78, 5) is 0. The summed E-state index contributed by atoms with van der Waals surface area (Å²) in [5.74, 6) is -1.93. The zero-order valence-electron chi connectivity index (χ0n) is 14.2. The van der Waals surface area contributed by atoms with E-state index in [1.54, 1.807) is 24.3 Å². The molecule has 0 fully saturated rings. The Bertz CT molecular complexity index is 649. The molecule has 124 valence electrons. The summed E-state index contributed by atoms with van der Waals surface area (Å²) in [5, 5.41) is 7.13. The maximum Gasteiger partial charge on any atom is 0.360 e. The molecule has 1 aromatic carbocycles. The van der Waals surface area contributed by atoms with Crippen molar-refractivity contribution in [3.05, 3.63) is 35.4 Å². The third-order valence-electron chi connectivity index (χ3n) is 4.68. The van der Waals surface area contributed by atoms with Crippen LogP contribution in [0.4, 0.5) is 8.78 Å². The molecule has 0 radical (unpaired) electrons. The summed E-state index contributed by atoms with van der Waals surface area (Å²) in [5.41, 5.74) is -0.671. The largest absolute Gasteiger partial charge is 0.413 e. The molecule has 6 heteroatoms. The van der Waals surface area contributed by atoms with Gasteiger partial charge in [0.05, 0.1) is 6.61 Å². The number of nitrogens with zero attached hydrogens (tertiary/aromatic N) is 2. The van der Waals surface area contributed by atoms with E-state index >= 15 is 0 Å². The highest BCUT2D eigenvalue weighted by atomic mass is 28.4. The first kappa shape index (κ1) is 17.8. The van der Waals surface area contributed by atoms with Gasteiger partial charge in [-0.1, -0.05) is 45.0 Å². The first-order valence-corrected chi connectivity index (χ1v) is 10.4. The van der Waals surface area contributed by atoms with Gasteiger partial charge in [-0.05, 0) is 29.6 Å². The number of halogens is 2. The zero-order chi connectivity index (χ0) is 17.5. The first-order valence-electron chi connectivity index (χ1n) is 7.48. The SMILES string of the molecule is C#CC(F)(F)C1(c2ccc(CO[Si](C)(C)C(C)(C)C)cc2)N=N1. The van der Waals surface area contributed by atoms with Crippen molar-refractivity contribution in [3.8, 4) is 12.3 Å². The van der Waals surface area contributed by atoms with Crippen LogP contribution in [0, 0.1) is 12.3 Å². The lowest BCUT2D eigenvalue weighted by atomic mass is 9.96. The van der Waals surface area contributed by atoms with Gasteiger partial charge in [0.2, 0.25) is 0 Å². The van der Waals surface area contributed by atoms with E-state index in [0.717, 1.165) is 5.56 Å². The van der Waals surface area contributed by atoms with Crippen molar-refractivity contribution in [2.24, 2.45) is 10.2 Å². The second-order valence-corrected chi connectivity index (χ2v) is 12.1. The predicted molar refractivity (Wildman–Crippen MR) is 88.7 cm³/mol. The number of rotatable bonds is 5. The molecule has 23 heavy (non-hydrogen) atoms. The van der Waals surface area contributed by atoms with Gasteiger partial charge in [0.1, 0.15) is 0 Å². The van der Waals surface area contributed by atoms with Gasteiger partial charge >= 0.3 is 5.92 Å². The molecular formula is C17H22F2N2OSi. The Labute approximate surface area is 137 Å². The lowest BCUT2D eigenvalue weighted by molar-refractivity contribution is 0.0147. The van der Waals surface area contributed by atoms with Crippen LogP contribution in [-0.4, -0.2) is 14.2 Å². The molecule has 2 rings (SSSR count). The molecule has 0 spiro atoms. The predicted octanol–water partition coefficient (Wildman–Crippen LogP) is 5.10. The molecular weight excluding hydrogens is 314 g/mol. The molecule has 0 unspecified atom stereocenters. The second kappa shape index (κ2) is 5.50. The maximum absolute atomic E-state index is 13.8. The average Bonchev–Trinajstić information content (AvgIpc) is 3.26. The third-order valence-corrected chi connectivity index (χ3v) is 9.16. The van der Waals surface area contributed by atoms with Gasteiger partial charge in [0.25, 0.3) is 5.66 Å². The highest BCUT2D eigenvalue weighted by molar-refractivity contribution is 6.74. The van der Waals surface area contributed by atoms with Gasteiger partial charge in [0, 0.05) is 5.56 Å². The van der Waals surface area contributed by atoms with Gasteiger partial charge in [-0.2, -0.15) is 8.78 Å². The molecule has 1 aliphatic rings. The summed E-state index contributed by atoms with van der Waals surface area (Å²) >= 11 is 0. The van der Waals surface area contributed by atoms with Crippen molar-refractivity contribution in [3.63, 3.8) is 0 Å². The van der Waals surface area contributed by atoms with Gasteiger partial charge in [-0.3, -0.25) is 0 Å². The minimum atomic E-state index is -3.41. The number of benzene rings is 1.